The summed E-state index contributed by atoms with van der Waals surface area (Å²) in [4.78, 5) is 38.7. The zero-order valence-electron chi connectivity index (χ0n) is 24.7. The van der Waals surface area contributed by atoms with E-state index in [-0.39, 0.29) is 35.7 Å². The molecule has 0 aromatic heterocycles. The van der Waals surface area contributed by atoms with Crippen molar-refractivity contribution in [1.29, 1.82) is 0 Å². The van der Waals surface area contributed by atoms with Gasteiger partial charge in [-0.25, -0.2) is 18.4 Å². The van der Waals surface area contributed by atoms with Crippen molar-refractivity contribution >= 4 is 17.9 Å². The van der Waals surface area contributed by atoms with Crippen LogP contribution in [0.3, 0.4) is 0 Å². The number of carboxylic acids is 1. The molecule has 0 aromatic rings. The number of aliphatic hydroxyl groups is 1. The standard InChI is InChI=1S/C32H42F2O7/c1-16-11-19-20-14-22(33)21-13-18(35)8-10-28(21,4)31(20,34)23(36)15-30(19,6)32(16,25(37)38)41-26(39)40-24-12-17-7-9-29(24,5)27(17,2)3/h8,10,13,16-17,19-20,22-24,36H,7,9,11-12,14-15H2,1-6H3,(H,37,38)/t16-,17-,19+,20+,22+,23+,24-,28+,29+,30+,31+,32+/m1/s1. The van der Waals surface area contributed by atoms with E-state index in [1.807, 2.05) is 0 Å². The minimum absolute atomic E-state index is 0.00375. The number of rotatable bonds is 3. The van der Waals surface area contributed by atoms with E-state index in [1.165, 1.54) is 19.1 Å². The Morgan fingerprint density at radius 2 is 1.73 bits per heavy atom. The molecular weight excluding hydrogens is 534 g/mol. The van der Waals surface area contributed by atoms with E-state index in [0.717, 1.165) is 18.9 Å². The summed E-state index contributed by atoms with van der Waals surface area (Å²) in [5.74, 6) is -3.96. The number of fused-ring (bicyclic) bond motifs is 7. The van der Waals surface area contributed by atoms with Crippen LogP contribution >= 0.6 is 0 Å². The maximum Gasteiger partial charge on any atom is 0.509 e. The summed E-state index contributed by atoms with van der Waals surface area (Å²) >= 11 is 0. The lowest BCUT2D eigenvalue weighted by atomic mass is 9.44. The molecule has 41 heavy (non-hydrogen) atoms. The number of halogens is 2. The summed E-state index contributed by atoms with van der Waals surface area (Å²) in [5.41, 5.74) is -7.73. The molecule has 5 saturated carbocycles. The zero-order valence-corrected chi connectivity index (χ0v) is 24.7. The van der Waals surface area contributed by atoms with Crippen LogP contribution in [0.2, 0.25) is 0 Å². The minimum Gasteiger partial charge on any atom is -0.478 e. The van der Waals surface area contributed by atoms with Crippen molar-refractivity contribution in [3.05, 3.63) is 23.8 Å². The number of alkyl halides is 2. The first kappa shape index (κ1) is 28.8. The van der Waals surface area contributed by atoms with Gasteiger partial charge in [-0.3, -0.25) is 4.79 Å². The lowest BCUT2D eigenvalue weighted by Crippen LogP contribution is -2.71. The van der Waals surface area contributed by atoms with Crippen LogP contribution in [-0.2, 0) is 19.1 Å². The number of aliphatic carboxylic acids is 1. The Morgan fingerprint density at radius 1 is 1.05 bits per heavy atom. The molecule has 226 valence electrons. The highest BCUT2D eigenvalue weighted by Crippen LogP contribution is 2.72. The lowest BCUT2D eigenvalue weighted by Gasteiger charge is -2.62. The Kier molecular flexibility index (Phi) is 5.91. The molecule has 2 bridgehead atoms. The lowest BCUT2D eigenvalue weighted by molar-refractivity contribution is -0.232. The molecule has 9 heteroatoms. The SMILES string of the molecule is C[C@@H]1C[C@H]2[C@@H]3C[C@H](F)C4=CC(=O)C=C[C@]4(C)[C@@]3(F)[C@@H](O)C[C@]2(C)[C@@]1(OC(=O)O[C@@H]1C[C@H]2CC[C@]1(C)C2(C)C)C(=O)O. The highest BCUT2D eigenvalue weighted by Gasteiger charge is 2.79. The van der Waals surface area contributed by atoms with Crippen molar-refractivity contribution < 1.29 is 42.9 Å². The van der Waals surface area contributed by atoms with Crippen molar-refractivity contribution in [3.8, 4) is 0 Å². The topological polar surface area (TPSA) is 110 Å². The number of ether oxygens (including phenoxy) is 2. The Morgan fingerprint density at radius 3 is 2.32 bits per heavy atom. The van der Waals surface area contributed by atoms with Gasteiger partial charge < -0.3 is 19.7 Å². The van der Waals surface area contributed by atoms with E-state index >= 15 is 8.78 Å². The van der Waals surface area contributed by atoms with Gasteiger partial charge in [0.15, 0.2) is 11.5 Å². The summed E-state index contributed by atoms with van der Waals surface area (Å²) in [5, 5.41) is 22.3. The van der Waals surface area contributed by atoms with Crippen LogP contribution < -0.4 is 0 Å². The van der Waals surface area contributed by atoms with Crippen molar-refractivity contribution in [3.63, 3.8) is 0 Å². The molecule has 5 fully saturated rings. The van der Waals surface area contributed by atoms with Gasteiger partial charge in [0.25, 0.3) is 0 Å². The number of carbonyl (C=O) groups excluding carboxylic acids is 2. The maximum atomic E-state index is 17.5. The van der Waals surface area contributed by atoms with E-state index in [2.05, 4.69) is 20.8 Å². The smallest absolute Gasteiger partial charge is 0.478 e. The van der Waals surface area contributed by atoms with E-state index in [1.54, 1.807) is 13.8 Å². The van der Waals surface area contributed by atoms with Crippen LogP contribution in [0.25, 0.3) is 0 Å². The summed E-state index contributed by atoms with van der Waals surface area (Å²) in [6, 6.07) is 0. The molecular formula is C32H42F2O7. The average Bonchev–Trinajstić information content (AvgIpc) is 3.32. The number of carbonyl (C=O) groups is 3. The van der Waals surface area contributed by atoms with Gasteiger partial charge in [-0.05, 0) is 80.4 Å². The monoisotopic (exact) mass is 576 g/mol. The quantitative estimate of drug-likeness (QED) is 0.412. The number of allylic oxidation sites excluding steroid dienone is 4. The van der Waals surface area contributed by atoms with E-state index < -0.39 is 76.1 Å². The molecule has 0 saturated heterocycles. The number of hydrogen-bond donors (Lipinski definition) is 2. The molecule has 12 atom stereocenters. The van der Waals surface area contributed by atoms with Crippen LogP contribution in [0, 0.1) is 45.3 Å². The predicted molar refractivity (Wildman–Crippen MR) is 144 cm³/mol. The molecule has 0 aromatic carbocycles. The van der Waals surface area contributed by atoms with Gasteiger partial charge in [0.2, 0.25) is 5.60 Å². The molecule has 0 spiro atoms. The average molecular weight is 577 g/mol. The summed E-state index contributed by atoms with van der Waals surface area (Å²) in [6.45, 7) is 11.2. The fourth-order valence-electron chi connectivity index (χ4n) is 10.8. The molecule has 0 aliphatic heterocycles. The third-order valence-electron chi connectivity index (χ3n) is 13.7. The van der Waals surface area contributed by atoms with Crippen LogP contribution in [0.1, 0.15) is 80.1 Å². The summed E-state index contributed by atoms with van der Waals surface area (Å²) in [6.07, 6.45) is 1.04. The van der Waals surface area contributed by atoms with Gasteiger partial charge in [0.05, 0.1) is 6.10 Å². The van der Waals surface area contributed by atoms with E-state index in [0.29, 0.717) is 12.3 Å². The number of aliphatic hydroxyl groups excluding tert-OH is 1. The van der Waals surface area contributed by atoms with E-state index in [9.17, 15) is 24.6 Å². The van der Waals surface area contributed by atoms with Gasteiger partial charge in [-0.1, -0.05) is 40.7 Å². The minimum atomic E-state index is -2.35. The Bertz CT molecular complexity index is 1280. The number of hydrogen-bond acceptors (Lipinski definition) is 6. The molecule has 0 radical (unpaired) electrons. The second kappa shape index (κ2) is 8.42. The summed E-state index contributed by atoms with van der Waals surface area (Å²) < 4.78 is 45.0. The van der Waals surface area contributed by atoms with Crippen LogP contribution in [-0.4, -0.2) is 57.8 Å². The van der Waals surface area contributed by atoms with Crippen molar-refractivity contribution in [2.24, 2.45) is 45.3 Å². The maximum absolute atomic E-state index is 17.5. The van der Waals surface area contributed by atoms with Crippen molar-refractivity contribution in [2.45, 2.75) is 110 Å². The second-order valence-corrected chi connectivity index (χ2v) is 15.1. The predicted octanol–water partition coefficient (Wildman–Crippen LogP) is 5.74. The van der Waals surface area contributed by atoms with Gasteiger partial charge in [0.1, 0.15) is 12.3 Å². The molecule has 7 nitrogen and oxygen atoms in total. The fraction of sp³-hybridized carbons (Fsp3) is 0.781. The van der Waals surface area contributed by atoms with Crippen molar-refractivity contribution in [2.75, 3.05) is 0 Å². The first-order chi connectivity index (χ1) is 18.9. The Hall–Kier alpha value is -2.29. The number of ketones is 1. The molecule has 0 heterocycles. The first-order valence-electron chi connectivity index (χ1n) is 15.0. The fourth-order valence-corrected chi connectivity index (χ4v) is 10.8. The Balaban J connectivity index is 1.35. The number of carboxylic acid groups (broad SMARTS) is 1. The first-order valence-corrected chi connectivity index (χ1v) is 15.0. The van der Waals surface area contributed by atoms with Crippen molar-refractivity contribution in [1.82, 2.24) is 0 Å². The summed E-state index contributed by atoms with van der Waals surface area (Å²) in [7, 11) is 0. The largest absolute Gasteiger partial charge is 0.509 e. The second-order valence-electron chi connectivity index (χ2n) is 15.1. The Labute approximate surface area is 239 Å². The molecule has 0 amide bonds. The molecule has 0 unspecified atom stereocenters. The molecule has 6 aliphatic carbocycles. The normalized spacial score (nSPS) is 52.8. The van der Waals surface area contributed by atoms with Crippen LogP contribution in [0.5, 0.6) is 0 Å². The molecule has 6 rings (SSSR count). The molecule has 2 N–H and O–H groups in total. The van der Waals surface area contributed by atoms with E-state index in [4.69, 9.17) is 9.47 Å². The van der Waals surface area contributed by atoms with Crippen LogP contribution in [0.4, 0.5) is 13.6 Å². The highest BCUT2D eigenvalue weighted by atomic mass is 19.1. The third kappa shape index (κ3) is 3.19. The third-order valence-corrected chi connectivity index (χ3v) is 13.7. The van der Waals surface area contributed by atoms with Crippen LogP contribution in [0.15, 0.2) is 23.8 Å². The van der Waals surface area contributed by atoms with Gasteiger partial charge >= 0.3 is 12.1 Å². The van der Waals surface area contributed by atoms with Gasteiger partial charge in [-0.2, -0.15) is 0 Å². The molecule has 6 aliphatic rings. The van der Waals surface area contributed by atoms with Gasteiger partial charge in [-0.15, -0.1) is 0 Å². The zero-order chi connectivity index (χ0) is 30.1. The highest BCUT2D eigenvalue weighted by molar-refractivity contribution is 6.01. The van der Waals surface area contributed by atoms with Gasteiger partial charge in [0, 0.05) is 28.1 Å².